The van der Waals surface area contributed by atoms with Crippen LogP contribution in [0.15, 0.2) is 48.5 Å². The van der Waals surface area contributed by atoms with Gasteiger partial charge in [-0.25, -0.2) is 4.39 Å². The summed E-state index contributed by atoms with van der Waals surface area (Å²) in [4.78, 5) is 16.4. The van der Waals surface area contributed by atoms with Crippen molar-refractivity contribution in [1.29, 1.82) is 0 Å². The highest BCUT2D eigenvalue weighted by molar-refractivity contribution is 5.84. The van der Waals surface area contributed by atoms with Gasteiger partial charge in [0, 0.05) is 6.07 Å². The lowest BCUT2D eigenvalue weighted by Crippen LogP contribution is -2.58. The van der Waals surface area contributed by atoms with Crippen LogP contribution in [0, 0.1) is 5.82 Å². The first-order valence-corrected chi connectivity index (χ1v) is 8.49. The first kappa shape index (κ1) is 18.2. The van der Waals surface area contributed by atoms with Gasteiger partial charge in [-0.05, 0) is 43.9 Å². The highest BCUT2D eigenvalue weighted by Crippen LogP contribution is 2.27. The summed E-state index contributed by atoms with van der Waals surface area (Å²) in [7, 11) is 5.24. The van der Waals surface area contributed by atoms with E-state index in [0.29, 0.717) is 18.7 Å². The topological polar surface area (TPSA) is 42.0 Å². The quantitative estimate of drug-likeness (QED) is 0.796. The van der Waals surface area contributed by atoms with Crippen LogP contribution >= 0.6 is 0 Å². The third-order valence-corrected chi connectivity index (χ3v) is 4.42. The van der Waals surface area contributed by atoms with E-state index in [1.54, 1.807) is 29.0 Å². The molecular formula is C20H23FN2O3. The largest absolute Gasteiger partial charge is 0.497 e. The van der Waals surface area contributed by atoms with Crippen molar-refractivity contribution in [3.63, 3.8) is 0 Å². The molecule has 0 saturated carbocycles. The van der Waals surface area contributed by atoms with Crippen molar-refractivity contribution in [3.05, 3.63) is 59.9 Å². The van der Waals surface area contributed by atoms with Gasteiger partial charge in [-0.15, -0.1) is 0 Å². The van der Waals surface area contributed by atoms with Crippen molar-refractivity contribution in [2.24, 2.45) is 0 Å². The van der Waals surface area contributed by atoms with Crippen LogP contribution in [0.2, 0.25) is 0 Å². The highest BCUT2D eigenvalue weighted by Gasteiger charge is 2.37. The van der Waals surface area contributed by atoms with Crippen molar-refractivity contribution in [2.75, 3.05) is 34.3 Å². The van der Waals surface area contributed by atoms with Gasteiger partial charge in [0.1, 0.15) is 29.5 Å². The van der Waals surface area contributed by atoms with Crippen LogP contribution in [-0.2, 0) is 4.79 Å². The number of amides is 1. The van der Waals surface area contributed by atoms with Crippen LogP contribution in [0.3, 0.4) is 0 Å². The minimum Gasteiger partial charge on any atom is -0.497 e. The number of likely N-dealkylation sites (tertiary alicyclic amines) is 1. The molecule has 0 spiro atoms. The molecule has 0 radical (unpaired) electrons. The Morgan fingerprint density at radius 3 is 2.50 bits per heavy atom. The van der Waals surface area contributed by atoms with Crippen LogP contribution in [0.25, 0.3) is 0 Å². The van der Waals surface area contributed by atoms with Gasteiger partial charge in [0.2, 0.25) is 5.91 Å². The fourth-order valence-electron chi connectivity index (χ4n) is 3.07. The van der Waals surface area contributed by atoms with Crippen molar-refractivity contribution in [1.82, 2.24) is 9.80 Å². The molecule has 1 fully saturated rings. The van der Waals surface area contributed by atoms with Gasteiger partial charge in [0.25, 0.3) is 0 Å². The second-order valence-electron chi connectivity index (χ2n) is 6.58. The fourth-order valence-corrected chi connectivity index (χ4v) is 3.07. The summed E-state index contributed by atoms with van der Waals surface area (Å²) < 4.78 is 24.6. The van der Waals surface area contributed by atoms with Gasteiger partial charge in [0.05, 0.1) is 20.2 Å². The van der Waals surface area contributed by atoms with Crippen LogP contribution in [0.5, 0.6) is 11.5 Å². The molecule has 5 nitrogen and oxygen atoms in total. The Hall–Kier alpha value is -2.60. The van der Waals surface area contributed by atoms with Gasteiger partial charge in [0.15, 0.2) is 0 Å². The molecule has 1 amide bonds. The molecule has 3 rings (SSSR count). The van der Waals surface area contributed by atoms with Crippen LogP contribution in [0.1, 0.15) is 11.6 Å². The Balaban J connectivity index is 1.62. The number of ether oxygens (including phenoxy) is 2. The second-order valence-corrected chi connectivity index (χ2v) is 6.58. The minimum atomic E-state index is -0.511. The fraction of sp³-hybridized carbons (Fsp3) is 0.350. The number of hydrogen-bond acceptors (Lipinski definition) is 4. The SMILES string of the molecule is COc1cccc(OC2CN(C(=O)[C@@H](c3cccc(F)c3)N(C)C)C2)c1. The normalized spacial score (nSPS) is 15.5. The predicted octanol–water partition coefficient (Wildman–Crippen LogP) is 2.73. The van der Waals surface area contributed by atoms with E-state index in [0.717, 1.165) is 11.5 Å². The van der Waals surface area contributed by atoms with E-state index in [4.69, 9.17) is 9.47 Å². The third kappa shape index (κ3) is 3.96. The second kappa shape index (κ2) is 7.74. The number of methoxy groups -OCH3 is 1. The predicted molar refractivity (Wildman–Crippen MR) is 96.8 cm³/mol. The number of carbonyl (C=O) groups excluding carboxylic acids is 1. The molecule has 1 atom stereocenters. The smallest absolute Gasteiger partial charge is 0.244 e. The lowest BCUT2D eigenvalue weighted by molar-refractivity contribution is -0.145. The Morgan fingerprint density at radius 1 is 1.15 bits per heavy atom. The molecule has 0 N–H and O–H groups in total. The maximum atomic E-state index is 13.5. The lowest BCUT2D eigenvalue weighted by Gasteiger charge is -2.41. The van der Waals surface area contributed by atoms with E-state index in [1.165, 1.54) is 12.1 Å². The minimum absolute atomic E-state index is 0.0499. The molecule has 0 bridgehead atoms. The van der Waals surface area contributed by atoms with E-state index in [2.05, 4.69) is 0 Å². The summed E-state index contributed by atoms with van der Waals surface area (Å²) in [6.45, 7) is 1.02. The third-order valence-electron chi connectivity index (χ3n) is 4.42. The number of likely N-dealkylation sites (N-methyl/N-ethyl adjacent to an activating group) is 1. The zero-order valence-electron chi connectivity index (χ0n) is 15.2. The average Bonchev–Trinajstić information content (AvgIpc) is 2.57. The zero-order valence-corrected chi connectivity index (χ0v) is 15.2. The number of nitrogens with zero attached hydrogens (tertiary/aromatic N) is 2. The summed E-state index contributed by atoms with van der Waals surface area (Å²) in [5.74, 6) is 1.06. The summed E-state index contributed by atoms with van der Waals surface area (Å²) in [5.41, 5.74) is 0.650. The van der Waals surface area contributed by atoms with Gasteiger partial charge < -0.3 is 14.4 Å². The molecule has 2 aromatic carbocycles. The Bertz CT molecular complexity index is 775. The summed E-state index contributed by atoms with van der Waals surface area (Å²) >= 11 is 0. The molecular weight excluding hydrogens is 335 g/mol. The molecule has 1 saturated heterocycles. The number of benzene rings is 2. The van der Waals surface area contributed by atoms with Crippen LogP contribution < -0.4 is 9.47 Å². The molecule has 2 aromatic rings. The monoisotopic (exact) mass is 358 g/mol. The molecule has 1 heterocycles. The van der Waals surface area contributed by atoms with E-state index in [9.17, 15) is 9.18 Å². The number of hydrogen-bond donors (Lipinski definition) is 0. The summed E-state index contributed by atoms with van der Waals surface area (Å²) in [5, 5.41) is 0. The first-order chi connectivity index (χ1) is 12.5. The van der Waals surface area contributed by atoms with Crippen molar-refractivity contribution >= 4 is 5.91 Å². The van der Waals surface area contributed by atoms with Crippen molar-refractivity contribution in [2.45, 2.75) is 12.1 Å². The zero-order chi connectivity index (χ0) is 18.7. The standard InChI is InChI=1S/C20H23FN2O3/c1-22(2)19(14-6-4-7-15(21)10-14)20(24)23-12-18(13-23)26-17-9-5-8-16(11-17)25-3/h4-11,18-19H,12-13H2,1-3H3/t19-/m1/s1. The molecule has 1 aliphatic rings. The number of halogens is 1. The average molecular weight is 358 g/mol. The Kier molecular flexibility index (Phi) is 5.42. The Morgan fingerprint density at radius 2 is 1.85 bits per heavy atom. The summed E-state index contributed by atoms with van der Waals surface area (Å²) in [6, 6.07) is 13.1. The maximum absolute atomic E-state index is 13.5. The van der Waals surface area contributed by atoms with Crippen LogP contribution in [0.4, 0.5) is 4.39 Å². The van der Waals surface area contributed by atoms with E-state index in [-0.39, 0.29) is 17.8 Å². The molecule has 0 unspecified atom stereocenters. The Labute approximate surface area is 152 Å². The van der Waals surface area contributed by atoms with Gasteiger partial charge in [-0.2, -0.15) is 0 Å². The van der Waals surface area contributed by atoms with E-state index in [1.807, 2.05) is 38.4 Å². The highest BCUT2D eigenvalue weighted by atomic mass is 19.1. The van der Waals surface area contributed by atoms with Gasteiger partial charge >= 0.3 is 0 Å². The van der Waals surface area contributed by atoms with Gasteiger partial charge in [-0.3, -0.25) is 9.69 Å². The van der Waals surface area contributed by atoms with E-state index >= 15 is 0 Å². The van der Waals surface area contributed by atoms with E-state index < -0.39 is 6.04 Å². The van der Waals surface area contributed by atoms with Crippen LogP contribution in [-0.4, -0.2) is 56.1 Å². The molecule has 138 valence electrons. The molecule has 26 heavy (non-hydrogen) atoms. The van der Waals surface area contributed by atoms with Crippen molar-refractivity contribution < 1.29 is 18.7 Å². The summed E-state index contributed by atoms with van der Waals surface area (Å²) in [6.07, 6.45) is -0.0543. The first-order valence-electron chi connectivity index (χ1n) is 8.49. The molecule has 0 aromatic heterocycles. The van der Waals surface area contributed by atoms with Gasteiger partial charge in [-0.1, -0.05) is 18.2 Å². The number of carbonyl (C=O) groups is 1. The molecule has 0 aliphatic carbocycles. The lowest BCUT2D eigenvalue weighted by atomic mass is 10.0. The number of rotatable bonds is 6. The molecule has 1 aliphatic heterocycles. The maximum Gasteiger partial charge on any atom is 0.244 e. The molecule has 6 heteroatoms. The van der Waals surface area contributed by atoms with Crippen molar-refractivity contribution in [3.8, 4) is 11.5 Å².